The first kappa shape index (κ1) is 20.8. The van der Waals surface area contributed by atoms with Crippen molar-refractivity contribution in [1.29, 1.82) is 0 Å². The summed E-state index contributed by atoms with van der Waals surface area (Å²) in [5, 5.41) is 5.99. The van der Waals surface area contributed by atoms with E-state index in [4.69, 9.17) is 9.47 Å². The molecule has 37 heavy (non-hydrogen) atoms. The van der Waals surface area contributed by atoms with Crippen molar-refractivity contribution in [1.82, 2.24) is 0 Å². The molecule has 3 heteroatoms. The average molecular weight is 493 g/mol. The smallest absolute Gasteiger partial charge is 0.143 e. The Morgan fingerprint density at radius 2 is 1.14 bits per heavy atom. The Morgan fingerprint density at radius 1 is 0.432 bits per heavy atom. The van der Waals surface area contributed by atoms with E-state index in [0.29, 0.717) is 0 Å². The summed E-state index contributed by atoms with van der Waals surface area (Å²) in [6.45, 7) is 0. The molecule has 0 bridgehead atoms. The third kappa shape index (κ3) is 3.23. The lowest BCUT2D eigenvalue weighted by Crippen LogP contribution is -2.32. The van der Waals surface area contributed by atoms with Crippen molar-refractivity contribution in [3.63, 3.8) is 0 Å². The quantitative estimate of drug-likeness (QED) is 0.227. The molecule has 0 fully saturated rings. The van der Waals surface area contributed by atoms with Crippen molar-refractivity contribution >= 4 is 34.6 Å². The zero-order valence-corrected chi connectivity index (χ0v) is 20.8. The van der Waals surface area contributed by atoms with Gasteiger partial charge in [-0.1, -0.05) is 97.1 Å². The van der Waals surface area contributed by atoms with Crippen LogP contribution in [0, 0.1) is 0 Å². The third-order valence-electron chi connectivity index (χ3n) is 7.20. The van der Waals surface area contributed by atoms with Crippen LogP contribution in [0.5, 0.6) is 23.0 Å². The van der Waals surface area contributed by atoms with E-state index < -0.39 is 7.92 Å². The van der Waals surface area contributed by atoms with E-state index >= 15 is 0 Å². The summed E-state index contributed by atoms with van der Waals surface area (Å²) in [6.07, 6.45) is 0. The maximum Gasteiger partial charge on any atom is 0.143 e. The Labute approximate surface area is 216 Å². The van der Waals surface area contributed by atoms with Gasteiger partial charge in [-0.25, -0.2) is 0 Å². The first-order chi connectivity index (χ1) is 18.3. The second kappa shape index (κ2) is 8.06. The average Bonchev–Trinajstić information content (AvgIpc) is 2.97. The molecule has 8 rings (SSSR count). The number of rotatable bonds is 2. The second-order valence-corrected chi connectivity index (χ2v) is 11.5. The first-order valence-electron chi connectivity index (χ1n) is 12.4. The van der Waals surface area contributed by atoms with Crippen LogP contribution < -0.4 is 25.4 Å². The molecule has 0 spiro atoms. The van der Waals surface area contributed by atoms with Gasteiger partial charge in [0.2, 0.25) is 0 Å². The molecule has 2 aliphatic rings. The topological polar surface area (TPSA) is 18.5 Å². The minimum Gasteiger partial charge on any atom is -0.456 e. The lowest BCUT2D eigenvalue weighted by molar-refractivity contribution is 0.469. The summed E-state index contributed by atoms with van der Waals surface area (Å²) in [6, 6.07) is 44.9. The van der Waals surface area contributed by atoms with Crippen LogP contribution in [-0.4, -0.2) is 0 Å². The fourth-order valence-electron chi connectivity index (χ4n) is 5.48. The van der Waals surface area contributed by atoms with Gasteiger partial charge >= 0.3 is 0 Å². The molecule has 1 atom stereocenters. The Hall–Kier alpha value is -4.39. The molecule has 6 aromatic carbocycles. The minimum atomic E-state index is -0.798. The maximum absolute atomic E-state index is 6.77. The molecule has 0 aromatic heterocycles. The summed E-state index contributed by atoms with van der Waals surface area (Å²) >= 11 is 0. The molecular formula is C34H21O2P. The highest BCUT2D eigenvalue weighted by Crippen LogP contribution is 2.54. The Kier molecular flexibility index (Phi) is 4.53. The molecule has 0 aliphatic carbocycles. The molecule has 2 heterocycles. The molecule has 0 saturated heterocycles. The highest BCUT2D eigenvalue weighted by Gasteiger charge is 2.37. The van der Waals surface area contributed by atoms with Crippen LogP contribution in [0.2, 0.25) is 0 Å². The van der Waals surface area contributed by atoms with Gasteiger partial charge in [0.05, 0.1) is 5.30 Å². The predicted octanol–water partition coefficient (Wildman–Crippen LogP) is 8.14. The summed E-state index contributed by atoms with van der Waals surface area (Å²) in [5.41, 5.74) is 4.62. The van der Waals surface area contributed by atoms with Crippen molar-refractivity contribution in [3.8, 4) is 45.3 Å². The van der Waals surface area contributed by atoms with Crippen molar-refractivity contribution in [2.45, 2.75) is 0 Å². The monoisotopic (exact) mass is 492 g/mol. The largest absolute Gasteiger partial charge is 0.456 e. The Bertz CT molecular complexity index is 1840. The van der Waals surface area contributed by atoms with Gasteiger partial charge in [-0.15, -0.1) is 0 Å². The van der Waals surface area contributed by atoms with Gasteiger partial charge in [0.25, 0.3) is 0 Å². The van der Waals surface area contributed by atoms with Crippen LogP contribution in [0.3, 0.4) is 0 Å². The minimum absolute atomic E-state index is 0.798. The number of ether oxygens (including phenoxy) is 2. The zero-order valence-electron chi connectivity index (χ0n) is 19.9. The summed E-state index contributed by atoms with van der Waals surface area (Å²) < 4.78 is 13.3. The van der Waals surface area contributed by atoms with Gasteiger partial charge in [-0.3, -0.25) is 0 Å². The number of benzene rings is 6. The standard InChI is InChI=1S/C34H21O2P/c1-2-9-22(10-3-1)24-12-8-13-25(19-24)26-20-29-34-30(21-26)36-33-27-14-5-4-11-23(27)17-18-32(33)37(34)31-16-7-6-15-28(31)35-29/h1-21H. The number of fused-ring (bicyclic) bond motifs is 6. The van der Waals surface area contributed by atoms with E-state index in [0.717, 1.165) is 39.5 Å². The van der Waals surface area contributed by atoms with E-state index in [1.54, 1.807) is 0 Å². The van der Waals surface area contributed by atoms with Crippen molar-refractivity contribution in [3.05, 3.63) is 127 Å². The maximum atomic E-state index is 6.77. The van der Waals surface area contributed by atoms with Gasteiger partial charge in [0.15, 0.2) is 0 Å². The lowest BCUT2D eigenvalue weighted by atomic mass is 9.98. The van der Waals surface area contributed by atoms with Gasteiger partial charge in [-0.05, 0) is 58.0 Å². The molecule has 2 nitrogen and oxygen atoms in total. The van der Waals surface area contributed by atoms with Gasteiger partial charge in [-0.2, -0.15) is 0 Å². The highest BCUT2D eigenvalue weighted by molar-refractivity contribution is 7.80. The lowest BCUT2D eigenvalue weighted by Gasteiger charge is -2.35. The molecule has 6 aromatic rings. The second-order valence-electron chi connectivity index (χ2n) is 9.41. The molecule has 2 aliphatic heterocycles. The number of hydrogen-bond acceptors (Lipinski definition) is 2. The van der Waals surface area contributed by atoms with E-state index in [-0.39, 0.29) is 0 Å². The van der Waals surface area contributed by atoms with Crippen LogP contribution in [0.15, 0.2) is 127 Å². The van der Waals surface area contributed by atoms with Crippen molar-refractivity contribution in [2.24, 2.45) is 0 Å². The van der Waals surface area contributed by atoms with E-state index in [9.17, 15) is 0 Å². The summed E-state index contributed by atoms with van der Waals surface area (Å²) in [5.74, 6) is 3.68. The first-order valence-corrected chi connectivity index (χ1v) is 13.8. The fourth-order valence-corrected chi connectivity index (χ4v) is 8.05. The van der Waals surface area contributed by atoms with Gasteiger partial charge < -0.3 is 9.47 Å². The third-order valence-corrected chi connectivity index (χ3v) is 9.78. The van der Waals surface area contributed by atoms with Crippen molar-refractivity contribution < 1.29 is 9.47 Å². The van der Waals surface area contributed by atoms with E-state index in [1.165, 1.54) is 32.4 Å². The van der Waals surface area contributed by atoms with Crippen LogP contribution >= 0.6 is 7.92 Å². The molecule has 0 N–H and O–H groups in total. The fraction of sp³-hybridized carbons (Fsp3) is 0. The number of para-hydroxylation sites is 1. The van der Waals surface area contributed by atoms with Crippen molar-refractivity contribution in [2.75, 3.05) is 0 Å². The van der Waals surface area contributed by atoms with Gasteiger partial charge in [0, 0.05) is 23.9 Å². The summed E-state index contributed by atoms with van der Waals surface area (Å²) in [4.78, 5) is 0. The predicted molar refractivity (Wildman–Crippen MR) is 154 cm³/mol. The molecular weight excluding hydrogens is 471 g/mol. The van der Waals surface area contributed by atoms with Crippen LogP contribution in [0.1, 0.15) is 0 Å². The van der Waals surface area contributed by atoms with Crippen LogP contribution in [-0.2, 0) is 0 Å². The number of hydrogen-bond donors (Lipinski definition) is 0. The zero-order chi connectivity index (χ0) is 24.3. The van der Waals surface area contributed by atoms with E-state index in [2.05, 4.69) is 121 Å². The molecule has 174 valence electrons. The summed E-state index contributed by atoms with van der Waals surface area (Å²) in [7, 11) is -0.798. The Balaban J connectivity index is 1.35. The molecule has 0 saturated carbocycles. The normalized spacial score (nSPS) is 14.6. The van der Waals surface area contributed by atoms with Crippen LogP contribution in [0.25, 0.3) is 33.0 Å². The molecule has 1 unspecified atom stereocenters. The van der Waals surface area contributed by atoms with Gasteiger partial charge in [0.1, 0.15) is 23.0 Å². The van der Waals surface area contributed by atoms with Crippen LogP contribution in [0.4, 0.5) is 0 Å². The SMILES string of the molecule is c1ccc(-c2cccc(-c3cc4c5c(c3)Oc3c(ccc6ccccc36)P5c3ccccc3O4)c2)cc1. The molecule has 0 amide bonds. The highest BCUT2D eigenvalue weighted by atomic mass is 31.1. The van der Waals surface area contributed by atoms with E-state index in [1.807, 2.05) is 6.07 Å². The Morgan fingerprint density at radius 3 is 2.03 bits per heavy atom. The molecule has 0 radical (unpaired) electrons.